The maximum Gasteiger partial charge on any atom is 0.416 e. The molecule has 4 nitrogen and oxygen atoms in total. The van der Waals surface area contributed by atoms with E-state index in [9.17, 15) is 4.79 Å². The number of rotatable bonds is 0. The summed E-state index contributed by atoms with van der Waals surface area (Å²) in [6.45, 7) is 4.28. The Hall–Kier alpha value is -1.03. The van der Waals surface area contributed by atoms with Gasteiger partial charge in [-0.15, -0.1) is 0 Å². The Labute approximate surface area is 76.1 Å². The Kier molecular flexibility index (Phi) is 1.63. The SMILES string of the molecule is CC1(C)Cc2[nH]c(=O)oc2C(N)C1. The highest BCUT2D eigenvalue weighted by atomic mass is 16.4. The van der Waals surface area contributed by atoms with Crippen LogP contribution in [0, 0.1) is 5.41 Å². The maximum atomic E-state index is 10.9. The summed E-state index contributed by atoms with van der Waals surface area (Å²) in [7, 11) is 0. The molecular weight excluding hydrogens is 168 g/mol. The van der Waals surface area contributed by atoms with Crippen LogP contribution in [0.4, 0.5) is 0 Å². The Balaban J connectivity index is 2.48. The van der Waals surface area contributed by atoms with Gasteiger partial charge in [-0.3, -0.25) is 4.98 Å². The van der Waals surface area contributed by atoms with E-state index in [0.29, 0.717) is 5.76 Å². The highest BCUT2D eigenvalue weighted by Gasteiger charge is 2.33. The minimum absolute atomic E-state index is 0.141. The molecule has 1 aromatic heterocycles. The van der Waals surface area contributed by atoms with Crippen molar-refractivity contribution >= 4 is 0 Å². The van der Waals surface area contributed by atoms with E-state index >= 15 is 0 Å². The van der Waals surface area contributed by atoms with Crippen LogP contribution in [0.15, 0.2) is 9.21 Å². The van der Waals surface area contributed by atoms with E-state index in [0.717, 1.165) is 18.5 Å². The third kappa shape index (κ3) is 1.42. The predicted octanol–water partition coefficient (Wildman–Crippen LogP) is 0.940. The molecule has 4 heteroatoms. The van der Waals surface area contributed by atoms with Gasteiger partial charge in [-0.25, -0.2) is 4.79 Å². The zero-order valence-electron chi connectivity index (χ0n) is 7.89. The van der Waals surface area contributed by atoms with E-state index < -0.39 is 5.76 Å². The van der Waals surface area contributed by atoms with E-state index in [4.69, 9.17) is 10.2 Å². The zero-order valence-corrected chi connectivity index (χ0v) is 7.89. The van der Waals surface area contributed by atoms with Crippen molar-refractivity contribution in [1.82, 2.24) is 4.98 Å². The van der Waals surface area contributed by atoms with Gasteiger partial charge in [-0.1, -0.05) is 13.8 Å². The van der Waals surface area contributed by atoms with Gasteiger partial charge in [-0.05, 0) is 18.3 Å². The molecule has 0 saturated carbocycles. The fourth-order valence-corrected chi connectivity index (χ4v) is 2.04. The standard InChI is InChI=1S/C9H14N2O2/c1-9(2)3-5(10)7-6(4-9)11-8(12)13-7/h5H,3-4,10H2,1-2H3,(H,11,12). The normalized spacial score (nSPS) is 25.6. The van der Waals surface area contributed by atoms with Crippen LogP contribution in [0.3, 0.4) is 0 Å². The van der Waals surface area contributed by atoms with E-state index in [1.165, 1.54) is 0 Å². The van der Waals surface area contributed by atoms with Crippen LogP contribution in [0.1, 0.15) is 37.8 Å². The number of H-pyrrole nitrogens is 1. The highest BCUT2D eigenvalue weighted by molar-refractivity contribution is 5.17. The molecule has 0 bridgehead atoms. The lowest BCUT2D eigenvalue weighted by Gasteiger charge is -2.31. The minimum atomic E-state index is -0.391. The quantitative estimate of drug-likeness (QED) is 0.627. The fraction of sp³-hybridized carbons (Fsp3) is 0.667. The first-order valence-corrected chi connectivity index (χ1v) is 4.45. The number of aromatic nitrogens is 1. The molecule has 1 aliphatic carbocycles. The number of hydrogen-bond acceptors (Lipinski definition) is 3. The highest BCUT2D eigenvalue weighted by Crippen LogP contribution is 2.37. The molecule has 0 aliphatic heterocycles. The van der Waals surface area contributed by atoms with Gasteiger partial charge >= 0.3 is 5.76 Å². The van der Waals surface area contributed by atoms with Gasteiger partial charge in [0, 0.05) is 0 Å². The molecular formula is C9H14N2O2. The van der Waals surface area contributed by atoms with Crippen LogP contribution in [0.25, 0.3) is 0 Å². The predicted molar refractivity (Wildman–Crippen MR) is 48.4 cm³/mol. The van der Waals surface area contributed by atoms with Crippen LogP contribution in [0.2, 0.25) is 0 Å². The Morgan fingerprint density at radius 2 is 2.31 bits per heavy atom. The topological polar surface area (TPSA) is 72.0 Å². The molecule has 0 radical (unpaired) electrons. The molecule has 1 aliphatic rings. The number of hydrogen-bond donors (Lipinski definition) is 2. The average Bonchev–Trinajstić information content (AvgIpc) is 2.27. The molecule has 1 aromatic rings. The summed E-state index contributed by atoms with van der Waals surface area (Å²) in [5.74, 6) is 0.252. The van der Waals surface area contributed by atoms with Crippen molar-refractivity contribution in [3.63, 3.8) is 0 Å². The summed E-state index contributed by atoms with van der Waals surface area (Å²) >= 11 is 0. The lowest BCUT2D eigenvalue weighted by molar-refractivity contribution is 0.255. The maximum absolute atomic E-state index is 10.9. The van der Waals surface area contributed by atoms with Gasteiger partial charge in [0.05, 0.1) is 11.7 Å². The van der Waals surface area contributed by atoms with E-state index in [1.807, 2.05) is 0 Å². The first kappa shape index (κ1) is 8.56. The average molecular weight is 182 g/mol. The van der Waals surface area contributed by atoms with Crippen molar-refractivity contribution in [3.8, 4) is 0 Å². The summed E-state index contributed by atoms with van der Waals surface area (Å²) in [6, 6.07) is -0.141. The monoisotopic (exact) mass is 182 g/mol. The molecule has 2 rings (SSSR count). The first-order valence-electron chi connectivity index (χ1n) is 4.45. The van der Waals surface area contributed by atoms with Gasteiger partial charge in [-0.2, -0.15) is 0 Å². The van der Waals surface area contributed by atoms with Crippen LogP contribution in [0.5, 0.6) is 0 Å². The van der Waals surface area contributed by atoms with E-state index in [1.54, 1.807) is 0 Å². The van der Waals surface area contributed by atoms with Gasteiger partial charge in [0.2, 0.25) is 0 Å². The Morgan fingerprint density at radius 1 is 1.62 bits per heavy atom. The molecule has 1 atom stereocenters. The number of nitrogens with two attached hydrogens (primary N) is 1. The second-order valence-electron chi connectivity index (χ2n) is 4.51. The second kappa shape index (κ2) is 2.48. The summed E-state index contributed by atoms with van der Waals surface area (Å²) in [5, 5.41) is 0. The molecule has 72 valence electrons. The summed E-state index contributed by atoms with van der Waals surface area (Å²) in [6.07, 6.45) is 1.70. The molecule has 13 heavy (non-hydrogen) atoms. The molecule has 0 aromatic carbocycles. The largest absolute Gasteiger partial charge is 0.416 e. The van der Waals surface area contributed by atoms with Crippen LogP contribution < -0.4 is 11.5 Å². The minimum Gasteiger partial charge on any atom is -0.411 e. The van der Waals surface area contributed by atoms with Gasteiger partial charge < -0.3 is 10.2 Å². The van der Waals surface area contributed by atoms with Crippen molar-refractivity contribution in [2.24, 2.45) is 11.1 Å². The van der Waals surface area contributed by atoms with Crippen LogP contribution in [-0.2, 0) is 6.42 Å². The molecule has 0 spiro atoms. The summed E-state index contributed by atoms with van der Waals surface area (Å²) in [5.41, 5.74) is 6.90. The van der Waals surface area contributed by atoms with Crippen molar-refractivity contribution in [2.45, 2.75) is 32.7 Å². The first-order chi connectivity index (χ1) is 5.98. The molecule has 0 amide bonds. The smallest absolute Gasteiger partial charge is 0.411 e. The second-order valence-corrected chi connectivity index (χ2v) is 4.51. The Morgan fingerprint density at radius 3 is 3.00 bits per heavy atom. The fourth-order valence-electron chi connectivity index (χ4n) is 2.04. The van der Waals surface area contributed by atoms with Crippen LogP contribution >= 0.6 is 0 Å². The zero-order chi connectivity index (χ0) is 9.64. The third-order valence-corrected chi connectivity index (χ3v) is 2.52. The van der Waals surface area contributed by atoms with Crippen molar-refractivity contribution in [3.05, 3.63) is 22.0 Å². The molecule has 0 saturated heterocycles. The van der Waals surface area contributed by atoms with Crippen molar-refractivity contribution in [1.29, 1.82) is 0 Å². The van der Waals surface area contributed by atoms with Gasteiger partial charge in [0.15, 0.2) is 0 Å². The number of nitrogens with one attached hydrogen (secondary N) is 1. The Bertz CT molecular complexity index is 375. The van der Waals surface area contributed by atoms with Crippen LogP contribution in [-0.4, -0.2) is 4.98 Å². The van der Waals surface area contributed by atoms with E-state index in [2.05, 4.69) is 18.8 Å². The van der Waals surface area contributed by atoms with Crippen molar-refractivity contribution < 1.29 is 4.42 Å². The molecule has 3 N–H and O–H groups in total. The lowest BCUT2D eigenvalue weighted by Crippen LogP contribution is -2.29. The number of aromatic amines is 1. The van der Waals surface area contributed by atoms with Gasteiger partial charge in [0.25, 0.3) is 0 Å². The summed E-state index contributed by atoms with van der Waals surface area (Å²) < 4.78 is 4.98. The third-order valence-electron chi connectivity index (χ3n) is 2.52. The summed E-state index contributed by atoms with van der Waals surface area (Å²) in [4.78, 5) is 13.6. The molecule has 1 heterocycles. The number of oxazole rings is 1. The van der Waals surface area contributed by atoms with E-state index in [-0.39, 0.29) is 11.5 Å². The molecule has 1 unspecified atom stereocenters. The van der Waals surface area contributed by atoms with Crippen molar-refractivity contribution in [2.75, 3.05) is 0 Å². The molecule has 0 fully saturated rings. The number of fused-ring (bicyclic) bond motifs is 1. The lowest BCUT2D eigenvalue weighted by atomic mass is 9.76. The van der Waals surface area contributed by atoms with Gasteiger partial charge in [0.1, 0.15) is 5.76 Å².